The van der Waals surface area contributed by atoms with Gasteiger partial charge >= 0.3 is 0 Å². The van der Waals surface area contributed by atoms with Gasteiger partial charge in [0.15, 0.2) is 0 Å². The molecule has 26 heavy (non-hydrogen) atoms. The summed E-state index contributed by atoms with van der Waals surface area (Å²) in [6, 6.07) is 15.5. The van der Waals surface area contributed by atoms with Gasteiger partial charge in [-0.05, 0) is 54.5 Å². The molecule has 138 valence electrons. The number of aliphatic hydroxyl groups excluding tert-OH is 1. The van der Waals surface area contributed by atoms with Crippen molar-refractivity contribution in [1.29, 1.82) is 0 Å². The van der Waals surface area contributed by atoms with Crippen molar-refractivity contribution >= 4 is 0 Å². The van der Waals surface area contributed by atoms with E-state index in [1.165, 1.54) is 5.56 Å². The molecule has 0 aromatic heterocycles. The molecule has 1 heterocycles. The van der Waals surface area contributed by atoms with E-state index in [0.29, 0.717) is 6.42 Å². The minimum absolute atomic E-state index is 0.0910. The van der Waals surface area contributed by atoms with Crippen LogP contribution in [0, 0.1) is 0 Å². The number of phenols is 1. The van der Waals surface area contributed by atoms with E-state index < -0.39 is 11.7 Å². The first-order valence-electron chi connectivity index (χ1n) is 9.54. The van der Waals surface area contributed by atoms with Gasteiger partial charge in [0, 0.05) is 25.6 Å². The standard InChI is InChI=1S/C22H27NO3/c24-18-7-8-19-17(14-18)6-9-20(21(19)25)23-12-10-22(26,11-13-23)15-16-4-2-1-3-5-16/h1-5,7-8,14,20-21,24-26H,6,9-13,15H2/t20-,21+/m1/s1. The highest BCUT2D eigenvalue weighted by Crippen LogP contribution is 2.37. The number of hydrogen-bond donors (Lipinski definition) is 3. The van der Waals surface area contributed by atoms with Crippen LogP contribution in [0.3, 0.4) is 0 Å². The summed E-state index contributed by atoms with van der Waals surface area (Å²) in [6.07, 6.45) is 3.38. The number of aliphatic hydroxyl groups is 2. The Kier molecular flexibility index (Phi) is 4.74. The second-order valence-corrected chi connectivity index (χ2v) is 7.86. The van der Waals surface area contributed by atoms with Crippen LogP contribution in [0.1, 0.15) is 42.1 Å². The largest absolute Gasteiger partial charge is 0.508 e. The maximum absolute atomic E-state index is 11.0. The molecule has 0 amide bonds. The highest BCUT2D eigenvalue weighted by Gasteiger charge is 2.38. The van der Waals surface area contributed by atoms with E-state index in [9.17, 15) is 15.3 Å². The van der Waals surface area contributed by atoms with Crippen LogP contribution >= 0.6 is 0 Å². The Balaban J connectivity index is 1.41. The zero-order valence-electron chi connectivity index (χ0n) is 15.0. The normalized spacial score (nSPS) is 25.6. The van der Waals surface area contributed by atoms with Crippen molar-refractivity contribution in [3.8, 4) is 5.75 Å². The van der Waals surface area contributed by atoms with Gasteiger partial charge in [0.25, 0.3) is 0 Å². The van der Waals surface area contributed by atoms with Crippen molar-refractivity contribution in [2.45, 2.75) is 49.9 Å². The fourth-order valence-electron chi connectivity index (χ4n) is 4.57. The van der Waals surface area contributed by atoms with Gasteiger partial charge in [-0.15, -0.1) is 0 Å². The molecule has 4 nitrogen and oxygen atoms in total. The van der Waals surface area contributed by atoms with Gasteiger partial charge in [-0.2, -0.15) is 0 Å². The molecule has 1 fully saturated rings. The quantitative estimate of drug-likeness (QED) is 0.794. The van der Waals surface area contributed by atoms with Crippen LogP contribution in [-0.4, -0.2) is 45.0 Å². The van der Waals surface area contributed by atoms with Gasteiger partial charge in [-0.1, -0.05) is 36.4 Å². The first-order valence-corrected chi connectivity index (χ1v) is 9.54. The maximum Gasteiger partial charge on any atom is 0.115 e. The molecule has 2 aromatic carbocycles. The van der Waals surface area contributed by atoms with Crippen molar-refractivity contribution in [3.63, 3.8) is 0 Å². The number of phenolic OH excluding ortho intramolecular Hbond substituents is 1. The number of fused-ring (bicyclic) bond motifs is 1. The number of nitrogens with zero attached hydrogens (tertiary/aromatic N) is 1. The zero-order valence-corrected chi connectivity index (χ0v) is 15.0. The molecule has 1 saturated heterocycles. The Morgan fingerprint density at radius 1 is 1.04 bits per heavy atom. The first-order chi connectivity index (χ1) is 12.5. The lowest BCUT2D eigenvalue weighted by Gasteiger charge is -2.45. The lowest BCUT2D eigenvalue weighted by Crippen LogP contribution is -2.51. The summed E-state index contributed by atoms with van der Waals surface area (Å²) in [6.45, 7) is 1.61. The van der Waals surface area contributed by atoms with Gasteiger partial charge < -0.3 is 15.3 Å². The van der Waals surface area contributed by atoms with E-state index in [1.54, 1.807) is 12.1 Å². The smallest absolute Gasteiger partial charge is 0.115 e. The lowest BCUT2D eigenvalue weighted by atomic mass is 9.81. The molecular formula is C22H27NO3. The Labute approximate surface area is 154 Å². The summed E-state index contributed by atoms with van der Waals surface area (Å²) < 4.78 is 0. The second-order valence-electron chi connectivity index (χ2n) is 7.86. The molecule has 0 saturated carbocycles. The number of aryl methyl sites for hydroxylation is 1. The summed E-state index contributed by atoms with van der Waals surface area (Å²) in [5.74, 6) is 0.262. The predicted molar refractivity (Wildman–Crippen MR) is 101 cm³/mol. The third kappa shape index (κ3) is 3.50. The maximum atomic E-state index is 11.0. The van der Waals surface area contributed by atoms with Crippen LogP contribution in [0.25, 0.3) is 0 Å². The molecule has 2 aromatic rings. The van der Waals surface area contributed by atoms with E-state index in [2.05, 4.69) is 17.0 Å². The summed E-state index contributed by atoms with van der Waals surface area (Å²) >= 11 is 0. The fraction of sp³-hybridized carbons (Fsp3) is 0.455. The number of likely N-dealkylation sites (tertiary alicyclic amines) is 1. The van der Waals surface area contributed by atoms with E-state index in [1.807, 2.05) is 24.3 Å². The van der Waals surface area contributed by atoms with Crippen LogP contribution in [0.2, 0.25) is 0 Å². The zero-order chi connectivity index (χ0) is 18.1. The molecule has 2 aliphatic rings. The number of rotatable bonds is 3. The van der Waals surface area contributed by atoms with Crippen LogP contribution in [0.4, 0.5) is 0 Å². The highest BCUT2D eigenvalue weighted by molar-refractivity contribution is 5.38. The molecule has 4 rings (SSSR count). The van der Waals surface area contributed by atoms with Crippen molar-refractivity contribution in [3.05, 3.63) is 65.2 Å². The molecule has 0 spiro atoms. The van der Waals surface area contributed by atoms with Crippen molar-refractivity contribution in [2.24, 2.45) is 0 Å². The van der Waals surface area contributed by atoms with E-state index in [0.717, 1.165) is 49.9 Å². The third-order valence-electron chi connectivity index (χ3n) is 6.09. The van der Waals surface area contributed by atoms with E-state index in [4.69, 9.17) is 0 Å². The molecular weight excluding hydrogens is 326 g/mol. The molecule has 0 radical (unpaired) electrons. The Morgan fingerprint density at radius 3 is 2.50 bits per heavy atom. The van der Waals surface area contributed by atoms with E-state index >= 15 is 0 Å². The van der Waals surface area contributed by atoms with Crippen LogP contribution in [-0.2, 0) is 12.8 Å². The first kappa shape index (κ1) is 17.5. The van der Waals surface area contributed by atoms with Gasteiger partial charge in [0.2, 0.25) is 0 Å². The van der Waals surface area contributed by atoms with Gasteiger partial charge in [-0.3, -0.25) is 4.90 Å². The Morgan fingerprint density at radius 2 is 1.77 bits per heavy atom. The van der Waals surface area contributed by atoms with Crippen molar-refractivity contribution in [2.75, 3.05) is 13.1 Å². The minimum Gasteiger partial charge on any atom is -0.508 e. The third-order valence-corrected chi connectivity index (χ3v) is 6.09. The fourth-order valence-corrected chi connectivity index (χ4v) is 4.57. The summed E-state index contributed by atoms with van der Waals surface area (Å²) in [5.41, 5.74) is 2.51. The van der Waals surface area contributed by atoms with Gasteiger partial charge in [0.1, 0.15) is 5.75 Å². The number of aromatic hydroxyl groups is 1. The molecule has 1 aliphatic carbocycles. The van der Waals surface area contributed by atoms with Gasteiger partial charge in [0.05, 0.1) is 11.7 Å². The van der Waals surface area contributed by atoms with Crippen LogP contribution < -0.4 is 0 Å². The van der Waals surface area contributed by atoms with Crippen molar-refractivity contribution in [1.82, 2.24) is 4.90 Å². The highest BCUT2D eigenvalue weighted by atomic mass is 16.3. The lowest BCUT2D eigenvalue weighted by molar-refractivity contribution is -0.0525. The van der Waals surface area contributed by atoms with E-state index in [-0.39, 0.29) is 11.8 Å². The average Bonchev–Trinajstić information content (AvgIpc) is 2.64. The topological polar surface area (TPSA) is 63.9 Å². The summed E-state index contributed by atoms with van der Waals surface area (Å²) in [5, 5.41) is 31.5. The number of benzene rings is 2. The Hall–Kier alpha value is -1.88. The Bertz CT molecular complexity index is 753. The molecule has 2 atom stereocenters. The molecule has 0 bridgehead atoms. The van der Waals surface area contributed by atoms with Crippen LogP contribution in [0.15, 0.2) is 48.5 Å². The number of piperidine rings is 1. The molecule has 0 unspecified atom stereocenters. The monoisotopic (exact) mass is 353 g/mol. The average molecular weight is 353 g/mol. The van der Waals surface area contributed by atoms with Gasteiger partial charge in [-0.25, -0.2) is 0 Å². The number of hydrogen-bond acceptors (Lipinski definition) is 4. The molecule has 1 aliphatic heterocycles. The SMILES string of the molecule is Oc1ccc2c(c1)CC[C@@H](N1CCC(O)(Cc3ccccc3)CC1)[C@H]2O. The van der Waals surface area contributed by atoms with Crippen molar-refractivity contribution < 1.29 is 15.3 Å². The summed E-state index contributed by atoms with van der Waals surface area (Å²) in [4.78, 5) is 2.33. The predicted octanol–water partition coefficient (Wildman–Crippen LogP) is 2.81. The molecule has 3 N–H and O–H groups in total. The second kappa shape index (κ2) is 7.03. The van der Waals surface area contributed by atoms with Crippen LogP contribution in [0.5, 0.6) is 5.75 Å². The summed E-state index contributed by atoms with van der Waals surface area (Å²) in [7, 11) is 0. The molecule has 4 heteroatoms. The minimum atomic E-state index is -0.652.